The Morgan fingerprint density at radius 1 is 1.04 bits per heavy atom. The molecule has 0 aliphatic rings. The van der Waals surface area contributed by atoms with Crippen LogP contribution in [0, 0.1) is 6.92 Å². The van der Waals surface area contributed by atoms with Crippen molar-refractivity contribution in [2.75, 3.05) is 13.2 Å². The van der Waals surface area contributed by atoms with Crippen LogP contribution in [-0.4, -0.2) is 30.1 Å². The largest absolute Gasteiger partial charge is 0.484 e. The van der Waals surface area contributed by atoms with E-state index in [1.807, 2.05) is 19.1 Å². The van der Waals surface area contributed by atoms with E-state index in [9.17, 15) is 9.59 Å². The summed E-state index contributed by atoms with van der Waals surface area (Å²) >= 11 is 14.2. The molecule has 0 aliphatic heterocycles. The number of hydrogen-bond donors (Lipinski definition) is 3. The number of thiocarbonyl (C=S) groups is 1. The van der Waals surface area contributed by atoms with E-state index in [2.05, 4.69) is 32.1 Å². The molecule has 10 heteroatoms. The first kappa shape index (κ1) is 21.9. The van der Waals surface area contributed by atoms with E-state index in [0.29, 0.717) is 16.5 Å². The van der Waals surface area contributed by atoms with Gasteiger partial charge in [0.1, 0.15) is 11.5 Å². The highest BCUT2D eigenvalue weighted by molar-refractivity contribution is 9.10. The minimum atomic E-state index is -0.508. The predicted octanol–water partition coefficient (Wildman–Crippen LogP) is 2.89. The second kappa shape index (κ2) is 10.8. The summed E-state index contributed by atoms with van der Waals surface area (Å²) in [6, 6.07) is 12.3. The summed E-state index contributed by atoms with van der Waals surface area (Å²) in [5, 5.41) is 2.67. The smallest absolute Gasteiger partial charge is 0.276 e. The van der Waals surface area contributed by atoms with Crippen LogP contribution in [0.2, 0.25) is 5.02 Å². The SMILES string of the molecule is Cc1ccc(OCC(=O)NC(=S)NNC(=O)COc2ccc(Br)cc2Cl)cc1. The number of carbonyl (C=O) groups excluding carboxylic acids is 2. The van der Waals surface area contributed by atoms with Gasteiger partial charge in [-0.15, -0.1) is 0 Å². The Morgan fingerprint density at radius 2 is 1.71 bits per heavy atom. The van der Waals surface area contributed by atoms with Gasteiger partial charge in [-0.25, -0.2) is 0 Å². The highest BCUT2D eigenvalue weighted by Gasteiger charge is 2.09. The van der Waals surface area contributed by atoms with Gasteiger partial charge in [0.2, 0.25) is 0 Å². The molecule has 3 N–H and O–H groups in total. The molecule has 2 aromatic rings. The summed E-state index contributed by atoms with van der Waals surface area (Å²) in [7, 11) is 0. The molecule has 2 aromatic carbocycles. The number of rotatable bonds is 6. The molecule has 0 spiro atoms. The summed E-state index contributed by atoms with van der Waals surface area (Å²) in [6.45, 7) is 1.44. The van der Waals surface area contributed by atoms with Gasteiger partial charge in [0.15, 0.2) is 18.3 Å². The quantitative estimate of drug-likeness (QED) is 0.430. The molecule has 0 unspecified atom stereocenters. The van der Waals surface area contributed by atoms with Crippen LogP contribution in [0.3, 0.4) is 0 Å². The van der Waals surface area contributed by atoms with Crippen LogP contribution in [0.1, 0.15) is 5.56 Å². The van der Waals surface area contributed by atoms with E-state index in [1.54, 1.807) is 30.3 Å². The number of halogens is 2. The van der Waals surface area contributed by atoms with Crippen molar-refractivity contribution in [3.63, 3.8) is 0 Å². The molecule has 7 nitrogen and oxygen atoms in total. The summed E-state index contributed by atoms with van der Waals surface area (Å²) in [6.07, 6.45) is 0. The Morgan fingerprint density at radius 3 is 2.39 bits per heavy atom. The number of hydrogen-bond acceptors (Lipinski definition) is 5. The van der Waals surface area contributed by atoms with E-state index < -0.39 is 11.8 Å². The van der Waals surface area contributed by atoms with Crippen LogP contribution >= 0.6 is 39.7 Å². The van der Waals surface area contributed by atoms with Crippen molar-refractivity contribution in [2.45, 2.75) is 6.92 Å². The van der Waals surface area contributed by atoms with Crippen LogP contribution in [0.5, 0.6) is 11.5 Å². The fourth-order valence-corrected chi connectivity index (χ4v) is 2.77. The Hall–Kier alpha value is -2.36. The van der Waals surface area contributed by atoms with Gasteiger partial charge in [0.05, 0.1) is 5.02 Å². The molecule has 0 saturated carbocycles. The highest BCUT2D eigenvalue weighted by atomic mass is 79.9. The van der Waals surface area contributed by atoms with Gasteiger partial charge in [-0.3, -0.25) is 25.8 Å². The maximum absolute atomic E-state index is 11.8. The second-order valence-corrected chi connectivity index (χ2v) is 7.25. The summed E-state index contributed by atoms with van der Waals surface area (Å²) in [4.78, 5) is 23.6. The molecule has 0 radical (unpaired) electrons. The number of ether oxygens (including phenoxy) is 2. The molecule has 0 fully saturated rings. The molecule has 2 amide bonds. The number of amides is 2. The molecule has 0 bridgehead atoms. The van der Waals surface area contributed by atoms with Crippen molar-refractivity contribution in [3.8, 4) is 11.5 Å². The van der Waals surface area contributed by atoms with Crippen molar-refractivity contribution in [3.05, 3.63) is 57.5 Å². The van der Waals surface area contributed by atoms with E-state index in [4.69, 9.17) is 33.3 Å². The lowest BCUT2D eigenvalue weighted by atomic mass is 10.2. The third-order valence-electron chi connectivity index (χ3n) is 3.21. The monoisotopic (exact) mass is 485 g/mol. The summed E-state index contributed by atoms with van der Waals surface area (Å²) in [5.74, 6) is -0.0439. The van der Waals surface area contributed by atoms with Gasteiger partial charge < -0.3 is 9.47 Å². The lowest BCUT2D eigenvalue weighted by Gasteiger charge is -2.12. The average molecular weight is 487 g/mol. The molecule has 28 heavy (non-hydrogen) atoms. The summed E-state index contributed by atoms with van der Waals surface area (Å²) < 4.78 is 11.4. The lowest BCUT2D eigenvalue weighted by molar-refractivity contribution is -0.124. The maximum Gasteiger partial charge on any atom is 0.276 e. The zero-order valence-corrected chi connectivity index (χ0v) is 17.9. The Balaban J connectivity index is 1.66. The van der Waals surface area contributed by atoms with Crippen LogP contribution < -0.4 is 25.6 Å². The van der Waals surface area contributed by atoms with E-state index in [0.717, 1.165) is 10.0 Å². The lowest BCUT2D eigenvalue weighted by Crippen LogP contribution is -2.50. The Labute approximate surface area is 180 Å². The predicted molar refractivity (Wildman–Crippen MR) is 113 cm³/mol. The standard InChI is InChI=1S/C18H17BrClN3O4S/c1-11-2-5-13(6-3-11)26-9-16(24)21-18(28)23-22-17(25)10-27-15-7-4-12(19)8-14(15)20/h2-8H,9-10H2,1H3,(H,22,25)(H2,21,23,24,28). The van der Waals surface area contributed by atoms with Gasteiger partial charge in [0.25, 0.3) is 11.8 Å². The molecule has 0 saturated heterocycles. The zero-order valence-electron chi connectivity index (χ0n) is 14.8. The Bertz CT molecular complexity index is 864. The molecule has 0 atom stereocenters. The van der Waals surface area contributed by atoms with Crippen LogP contribution in [0.25, 0.3) is 0 Å². The first-order valence-corrected chi connectivity index (χ1v) is 9.57. The van der Waals surface area contributed by atoms with Crippen molar-refractivity contribution in [1.82, 2.24) is 16.2 Å². The number of carbonyl (C=O) groups is 2. The van der Waals surface area contributed by atoms with Crippen LogP contribution in [0.4, 0.5) is 0 Å². The highest BCUT2D eigenvalue weighted by Crippen LogP contribution is 2.27. The third kappa shape index (κ3) is 7.71. The first-order chi connectivity index (χ1) is 13.3. The van der Waals surface area contributed by atoms with Gasteiger partial charge in [0, 0.05) is 4.47 Å². The molecule has 2 rings (SSSR count). The first-order valence-electron chi connectivity index (χ1n) is 7.99. The number of hydrazine groups is 1. The van der Waals surface area contributed by atoms with E-state index >= 15 is 0 Å². The topological polar surface area (TPSA) is 88.7 Å². The molecule has 0 aromatic heterocycles. The molecular weight excluding hydrogens is 470 g/mol. The molecule has 0 aliphatic carbocycles. The van der Waals surface area contributed by atoms with Gasteiger partial charge >= 0.3 is 0 Å². The summed E-state index contributed by atoms with van der Waals surface area (Å²) in [5.41, 5.74) is 5.80. The number of nitrogens with one attached hydrogen (secondary N) is 3. The van der Waals surface area contributed by atoms with Crippen molar-refractivity contribution in [2.24, 2.45) is 0 Å². The van der Waals surface area contributed by atoms with Crippen molar-refractivity contribution in [1.29, 1.82) is 0 Å². The maximum atomic E-state index is 11.8. The zero-order chi connectivity index (χ0) is 20.5. The molecular formula is C18H17BrClN3O4S. The van der Waals surface area contributed by atoms with Crippen molar-refractivity contribution >= 4 is 56.7 Å². The fraction of sp³-hybridized carbons (Fsp3) is 0.167. The van der Waals surface area contributed by atoms with Gasteiger partial charge in [-0.2, -0.15) is 0 Å². The number of benzene rings is 2. The third-order valence-corrected chi connectivity index (χ3v) is 4.20. The normalized spacial score (nSPS) is 9.96. The number of aryl methyl sites for hydroxylation is 1. The Kier molecular flexibility index (Phi) is 8.49. The molecule has 148 valence electrons. The average Bonchev–Trinajstić information content (AvgIpc) is 2.65. The van der Waals surface area contributed by atoms with Gasteiger partial charge in [-0.05, 0) is 49.5 Å². The van der Waals surface area contributed by atoms with Crippen LogP contribution in [-0.2, 0) is 9.59 Å². The second-order valence-electron chi connectivity index (χ2n) is 5.52. The van der Waals surface area contributed by atoms with Gasteiger partial charge in [-0.1, -0.05) is 45.2 Å². The van der Waals surface area contributed by atoms with E-state index in [1.165, 1.54) is 0 Å². The van der Waals surface area contributed by atoms with E-state index in [-0.39, 0.29) is 18.3 Å². The van der Waals surface area contributed by atoms with Crippen LogP contribution in [0.15, 0.2) is 46.9 Å². The fourth-order valence-electron chi connectivity index (χ4n) is 1.88. The minimum absolute atomic E-state index is 0.0764. The minimum Gasteiger partial charge on any atom is -0.484 e. The molecule has 0 heterocycles. The van der Waals surface area contributed by atoms with Crippen molar-refractivity contribution < 1.29 is 19.1 Å².